The number of ether oxygens (including phenoxy) is 1. The molecule has 0 unspecified atom stereocenters. The predicted octanol–water partition coefficient (Wildman–Crippen LogP) is 5.08. The maximum atomic E-state index is 13.3. The molecule has 0 saturated carbocycles. The monoisotopic (exact) mass is 513 g/mol. The second kappa shape index (κ2) is 10.2. The summed E-state index contributed by atoms with van der Waals surface area (Å²) in [6.45, 7) is 8.72. The number of nitrogens with zero attached hydrogens (tertiary/aromatic N) is 3. The van der Waals surface area contributed by atoms with Crippen molar-refractivity contribution in [2.75, 3.05) is 37.8 Å². The summed E-state index contributed by atoms with van der Waals surface area (Å²) in [7, 11) is 0. The van der Waals surface area contributed by atoms with Gasteiger partial charge in [-0.2, -0.15) is 0 Å². The first-order valence-electron chi connectivity index (χ1n) is 11.7. The zero-order valence-electron chi connectivity index (χ0n) is 19.6. The zero-order valence-corrected chi connectivity index (χ0v) is 21.9. The third-order valence-corrected chi connectivity index (χ3v) is 8.42. The number of hydrogen-bond acceptors (Lipinski definition) is 5. The van der Waals surface area contributed by atoms with E-state index >= 15 is 0 Å². The Balaban J connectivity index is 1.42. The van der Waals surface area contributed by atoms with Crippen molar-refractivity contribution in [3.05, 3.63) is 33.8 Å². The van der Waals surface area contributed by atoms with Gasteiger partial charge in [0.1, 0.15) is 11.6 Å². The summed E-state index contributed by atoms with van der Waals surface area (Å²) < 4.78 is 5.67. The van der Waals surface area contributed by atoms with Crippen molar-refractivity contribution >= 4 is 47.0 Å². The fourth-order valence-electron chi connectivity index (χ4n) is 5.00. The SMILES string of the molecule is CC(C)(C)OC(=O)N1C[C@@H](N2CCC(c3ccc(Cl)c(Cl)c3)CC2)C[C@H]1C(=O)N1CCSC1. The largest absolute Gasteiger partial charge is 0.444 e. The predicted molar refractivity (Wildman–Crippen MR) is 134 cm³/mol. The molecule has 6 nitrogen and oxygen atoms in total. The summed E-state index contributed by atoms with van der Waals surface area (Å²) in [5, 5.41) is 1.18. The first-order chi connectivity index (χ1) is 15.6. The van der Waals surface area contributed by atoms with Crippen LogP contribution in [0.3, 0.4) is 0 Å². The lowest BCUT2D eigenvalue weighted by atomic mass is 9.88. The Bertz CT molecular complexity index is 880. The van der Waals surface area contributed by atoms with Gasteiger partial charge < -0.3 is 9.64 Å². The van der Waals surface area contributed by atoms with Gasteiger partial charge in [-0.05, 0) is 76.7 Å². The second-order valence-corrected chi connectivity index (χ2v) is 12.0. The van der Waals surface area contributed by atoms with Crippen molar-refractivity contribution in [3.8, 4) is 0 Å². The van der Waals surface area contributed by atoms with E-state index in [2.05, 4.69) is 11.0 Å². The molecule has 3 aliphatic heterocycles. The van der Waals surface area contributed by atoms with E-state index in [9.17, 15) is 9.59 Å². The molecule has 1 aromatic carbocycles. The van der Waals surface area contributed by atoms with Crippen LogP contribution in [0.5, 0.6) is 0 Å². The average Bonchev–Trinajstić information content (AvgIpc) is 3.45. The molecular formula is C24H33Cl2N3O3S. The van der Waals surface area contributed by atoms with E-state index in [4.69, 9.17) is 27.9 Å². The molecule has 182 valence electrons. The van der Waals surface area contributed by atoms with Gasteiger partial charge >= 0.3 is 6.09 Å². The number of thioether (sulfide) groups is 1. The van der Waals surface area contributed by atoms with E-state index < -0.39 is 11.6 Å². The molecule has 0 aromatic heterocycles. The highest BCUT2D eigenvalue weighted by molar-refractivity contribution is 7.99. The van der Waals surface area contributed by atoms with Crippen molar-refractivity contribution in [3.63, 3.8) is 0 Å². The minimum Gasteiger partial charge on any atom is -0.444 e. The number of rotatable bonds is 3. The van der Waals surface area contributed by atoms with E-state index in [0.717, 1.165) is 38.2 Å². The van der Waals surface area contributed by atoms with Crippen LogP contribution in [0.15, 0.2) is 18.2 Å². The Labute approximate surface area is 210 Å². The Morgan fingerprint density at radius 3 is 2.42 bits per heavy atom. The molecule has 33 heavy (non-hydrogen) atoms. The van der Waals surface area contributed by atoms with Crippen LogP contribution >= 0.6 is 35.0 Å². The van der Waals surface area contributed by atoms with Crippen LogP contribution in [0.1, 0.15) is 51.5 Å². The number of likely N-dealkylation sites (tertiary alicyclic amines) is 2. The minimum atomic E-state index is -0.593. The number of carbonyl (C=O) groups excluding carboxylic acids is 2. The van der Waals surface area contributed by atoms with Gasteiger partial charge in [0, 0.05) is 24.9 Å². The molecule has 0 N–H and O–H groups in total. The minimum absolute atomic E-state index is 0.0547. The molecule has 3 aliphatic rings. The van der Waals surface area contributed by atoms with Crippen LogP contribution in [-0.4, -0.2) is 82.2 Å². The van der Waals surface area contributed by atoms with Crippen LogP contribution in [0.4, 0.5) is 4.79 Å². The number of amides is 2. The molecule has 0 bridgehead atoms. The number of carbonyl (C=O) groups is 2. The molecule has 3 fully saturated rings. The first kappa shape index (κ1) is 25.0. The van der Waals surface area contributed by atoms with Crippen LogP contribution in [0.25, 0.3) is 0 Å². The third kappa shape index (κ3) is 5.92. The second-order valence-electron chi connectivity index (χ2n) is 10.2. The van der Waals surface area contributed by atoms with Gasteiger partial charge in [0.25, 0.3) is 0 Å². The summed E-state index contributed by atoms with van der Waals surface area (Å²) in [5.74, 6) is 2.16. The first-order valence-corrected chi connectivity index (χ1v) is 13.6. The Kier molecular flexibility index (Phi) is 7.73. The number of piperidine rings is 1. The molecule has 2 amide bonds. The Morgan fingerprint density at radius 2 is 1.82 bits per heavy atom. The zero-order chi connectivity index (χ0) is 23.8. The van der Waals surface area contributed by atoms with E-state index in [1.807, 2.05) is 37.8 Å². The molecule has 9 heteroatoms. The maximum absolute atomic E-state index is 13.3. The summed E-state index contributed by atoms with van der Waals surface area (Å²) in [6.07, 6.45) is 2.31. The maximum Gasteiger partial charge on any atom is 0.411 e. The van der Waals surface area contributed by atoms with Crippen LogP contribution in [0, 0.1) is 0 Å². The van der Waals surface area contributed by atoms with Gasteiger partial charge in [-0.3, -0.25) is 14.6 Å². The molecule has 1 aromatic rings. The van der Waals surface area contributed by atoms with Crippen LogP contribution < -0.4 is 0 Å². The van der Waals surface area contributed by atoms with Gasteiger partial charge in [-0.1, -0.05) is 29.3 Å². The summed E-state index contributed by atoms with van der Waals surface area (Å²) in [6, 6.07) is 5.63. The molecule has 0 aliphatic carbocycles. The number of benzene rings is 1. The van der Waals surface area contributed by atoms with Crippen molar-refractivity contribution in [2.45, 2.75) is 63.6 Å². The molecule has 0 spiro atoms. The number of halogens is 2. The summed E-state index contributed by atoms with van der Waals surface area (Å²) >= 11 is 14.1. The van der Waals surface area contributed by atoms with E-state index in [0.29, 0.717) is 34.8 Å². The lowest BCUT2D eigenvalue weighted by Crippen LogP contribution is -2.48. The number of hydrogen-bond donors (Lipinski definition) is 0. The Morgan fingerprint density at radius 1 is 1.09 bits per heavy atom. The van der Waals surface area contributed by atoms with E-state index in [1.165, 1.54) is 5.56 Å². The summed E-state index contributed by atoms with van der Waals surface area (Å²) in [5.41, 5.74) is 0.634. The van der Waals surface area contributed by atoms with Gasteiger partial charge in [0.2, 0.25) is 5.91 Å². The third-order valence-electron chi connectivity index (χ3n) is 6.72. The fourth-order valence-corrected chi connectivity index (χ4v) is 6.26. The molecule has 4 rings (SSSR count). The van der Waals surface area contributed by atoms with E-state index in [-0.39, 0.29) is 18.0 Å². The van der Waals surface area contributed by atoms with Crippen molar-refractivity contribution in [1.82, 2.24) is 14.7 Å². The molecule has 3 saturated heterocycles. The van der Waals surface area contributed by atoms with Crippen molar-refractivity contribution < 1.29 is 14.3 Å². The van der Waals surface area contributed by atoms with Crippen LogP contribution in [-0.2, 0) is 9.53 Å². The highest BCUT2D eigenvalue weighted by atomic mass is 35.5. The Hall–Kier alpha value is -1.15. The fraction of sp³-hybridized carbons (Fsp3) is 0.667. The van der Waals surface area contributed by atoms with Gasteiger partial charge in [0.15, 0.2) is 0 Å². The highest BCUT2D eigenvalue weighted by Crippen LogP contribution is 2.35. The highest BCUT2D eigenvalue weighted by Gasteiger charge is 2.45. The molecule has 3 heterocycles. The normalized spacial score (nSPS) is 25.0. The molecule has 2 atom stereocenters. The topological polar surface area (TPSA) is 53.1 Å². The quantitative estimate of drug-likeness (QED) is 0.563. The average molecular weight is 515 g/mol. The van der Waals surface area contributed by atoms with Gasteiger partial charge in [0.05, 0.1) is 15.9 Å². The van der Waals surface area contributed by atoms with Crippen molar-refractivity contribution in [2.24, 2.45) is 0 Å². The summed E-state index contributed by atoms with van der Waals surface area (Å²) in [4.78, 5) is 32.3. The lowest BCUT2D eigenvalue weighted by molar-refractivity contribution is -0.134. The van der Waals surface area contributed by atoms with Crippen molar-refractivity contribution in [1.29, 1.82) is 0 Å². The van der Waals surface area contributed by atoms with E-state index in [1.54, 1.807) is 16.7 Å². The molecular weight excluding hydrogens is 481 g/mol. The van der Waals surface area contributed by atoms with Gasteiger partial charge in [-0.15, -0.1) is 11.8 Å². The van der Waals surface area contributed by atoms with Crippen LogP contribution in [0.2, 0.25) is 10.0 Å². The lowest BCUT2D eigenvalue weighted by Gasteiger charge is -2.36. The molecule has 0 radical (unpaired) electrons. The van der Waals surface area contributed by atoms with Gasteiger partial charge in [-0.25, -0.2) is 4.79 Å². The standard InChI is InChI=1S/C24H33Cl2N3O3S/c1-24(2,3)32-23(31)29-14-18(13-21(29)22(30)28-10-11-33-15-28)27-8-6-16(7-9-27)17-4-5-19(25)20(26)12-17/h4-5,12,16,18,21H,6-11,13-15H2,1-3H3/t18-,21-/m0/s1. The smallest absolute Gasteiger partial charge is 0.411 e.